The number of aliphatic imine (C=N–C) groups is 1. The normalized spacial score (nSPS) is 14.5. The molecule has 6 nitrogen and oxygen atoms in total. The lowest BCUT2D eigenvalue weighted by atomic mass is 10.2. The summed E-state index contributed by atoms with van der Waals surface area (Å²) in [6, 6.07) is 18.3. The van der Waals surface area contributed by atoms with Crippen molar-refractivity contribution in [1.29, 1.82) is 0 Å². The average molecular weight is 479 g/mol. The molecule has 4 rings (SSSR count). The van der Waals surface area contributed by atoms with Gasteiger partial charge in [0.1, 0.15) is 17.2 Å². The van der Waals surface area contributed by atoms with E-state index in [2.05, 4.69) is 4.99 Å². The van der Waals surface area contributed by atoms with Gasteiger partial charge in [-0.1, -0.05) is 30.0 Å². The van der Waals surface area contributed by atoms with Crippen LogP contribution in [0, 0.1) is 6.92 Å². The molecule has 0 unspecified atom stereocenters. The van der Waals surface area contributed by atoms with E-state index in [1.54, 1.807) is 26.4 Å². The highest BCUT2D eigenvalue weighted by atomic mass is 32.2. The maximum Gasteiger partial charge on any atom is 0.283 e. The molecule has 168 valence electrons. The lowest BCUT2D eigenvalue weighted by molar-refractivity contribution is -0.113. The molecule has 1 aliphatic heterocycles. The SMILES string of the molecule is COc1ccc(/C=C2\N=C(SCC(=O)c3ccc(C)s3)N(c3cccc(OC)c3)C2=O)cc1. The fraction of sp³-hybridized carbons (Fsp3) is 0.160. The van der Waals surface area contributed by atoms with Gasteiger partial charge in [0, 0.05) is 10.9 Å². The Kier molecular flexibility index (Phi) is 6.96. The number of thioether (sulfide) groups is 1. The molecule has 1 aromatic heterocycles. The van der Waals surface area contributed by atoms with E-state index in [1.807, 2.05) is 61.5 Å². The summed E-state index contributed by atoms with van der Waals surface area (Å²) in [7, 11) is 3.18. The largest absolute Gasteiger partial charge is 0.497 e. The number of methoxy groups -OCH3 is 2. The van der Waals surface area contributed by atoms with E-state index in [9.17, 15) is 9.59 Å². The van der Waals surface area contributed by atoms with E-state index in [0.717, 1.165) is 16.2 Å². The van der Waals surface area contributed by atoms with Crippen molar-refractivity contribution in [2.45, 2.75) is 6.92 Å². The molecule has 2 heterocycles. The minimum absolute atomic E-state index is 0.00595. The Morgan fingerprint density at radius 3 is 2.48 bits per heavy atom. The molecule has 1 amide bonds. The zero-order valence-corrected chi connectivity index (χ0v) is 20.0. The van der Waals surface area contributed by atoms with Gasteiger partial charge in [-0.2, -0.15) is 0 Å². The number of anilines is 1. The van der Waals surface area contributed by atoms with Gasteiger partial charge in [0.15, 0.2) is 11.0 Å². The van der Waals surface area contributed by atoms with Crippen LogP contribution < -0.4 is 14.4 Å². The first kappa shape index (κ1) is 22.8. The molecule has 0 radical (unpaired) electrons. The lowest BCUT2D eigenvalue weighted by Crippen LogP contribution is -2.30. The molecule has 1 aliphatic rings. The molecule has 0 bridgehead atoms. The number of rotatable bonds is 7. The van der Waals surface area contributed by atoms with Crippen LogP contribution in [0.5, 0.6) is 11.5 Å². The molecular formula is C25H22N2O4S2. The van der Waals surface area contributed by atoms with Crippen molar-refractivity contribution in [3.05, 3.63) is 81.7 Å². The highest BCUT2D eigenvalue weighted by molar-refractivity contribution is 8.14. The van der Waals surface area contributed by atoms with Crippen LogP contribution in [0.4, 0.5) is 5.69 Å². The van der Waals surface area contributed by atoms with E-state index >= 15 is 0 Å². The Morgan fingerprint density at radius 1 is 1.06 bits per heavy atom. The van der Waals surface area contributed by atoms with Crippen molar-refractivity contribution in [3.8, 4) is 11.5 Å². The number of benzene rings is 2. The molecule has 0 spiro atoms. The summed E-state index contributed by atoms with van der Waals surface area (Å²) >= 11 is 2.71. The van der Waals surface area contributed by atoms with Gasteiger partial charge >= 0.3 is 0 Å². The Balaban J connectivity index is 1.64. The fourth-order valence-corrected chi connectivity index (χ4v) is 5.01. The van der Waals surface area contributed by atoms with Gasteiger partial charge in [-0.3, -0.25) is 14.5 Å². The predicted molar refractivity (Wildman–Crippen MR) is 135 cm³/mol. The van der Waals surface area contributed by atoms with Crippen molar-refractivity contribution in [2.75, 3.05) is 24.9 Å². The van der Waals surface area contributed by atoms with Crippen LogP contribution >= 0.6 is 23.1 Å². The zero-order valence-electron chi connectivity index (χ0n) is 18.4. The minimum atomic E-state index is -0.263. The molecule has 33 heavy (non-hydrogen) atoms. The molecule has 2 aromatic carbocycles. The van der Waals surface area contributed by atoms with Crippen LogP contribution in [0.15, 0.2) is 71.4 Å². The van der Waals surface area contributed by atoms with Gasteiger partial charge in [0.05, 0.1) is 30.5 Å². The number of carbonyl (C=O) groups is 2. The van der Waals surface area contributed by atoms with Crippen molar-refractivity contribution in [3.63, 3.8) is 0 Å². The fourth-order valence-electron chi connectivity index (χ4n) is 3.21. The predicted octanol–water partition coefficient (Wildman–Crippen LogP) is 5.43. The number of hydrogen-bond acceptors (Lipinski definition) is 7. The number of carbonyl (C=O) groups excluding carboxylic acids is 2. The third-order valence-electron chi connectivity index (χ3n) is 4.91. The van der Waals surface area contributed by atoms with Crippen molar-refractivity contribution in [2.24, 2.45) is 4.99 Å². The summed E-state index contributed by atoms with van der Waals surface area (Å²) in [4.78, 5) is 33.9. The molecule has 0 N–H and O–H groups in total. The van der Waals surface area contributed by atoms with Gasteiger partial charge in [-0.25, -0.2) is 4.99 Å². The third kappa shape index (κ3) is 5.18. The number of aryl methyl sites for hydroxylation is 1. The van der Waals surface area contributed by atoms with E-state index < -0.39 is 0 Å². The van der Waals surface area contributed by atoms with Crippen molar-refractivity contribution in [1.82, 2.24) is 0 Å². The topological polar surface area (TPSA) is 68.2 Å². The molecule has 8 heteroatoms. The standard InChI is InChI=1S/C25H22N2O4S2/c1-16-7-12-23(33-16)22(28)15-32-25-26-21(13-17-8-10-19(30-2)11-9-17)24(29)27(25)18-5-4-6-20(14-18)31-3/h4-14H,15H2,1-3H3/b21-13-. The third-order valence-corrected chi connectivity index (χ3v) is 6.89. The van der Waals surface area contributed by atoms with Crippen LogP contribution in [0.2, 0.25) is 0 Å². The summed E-state index contributed by atoms with van der Waals surface area (Å²) in [5.41, 5.74) is 1.75. The first-order valence-corrected chi connectivity index (χ1v) is 11.9. The Hall–Kier alpha value is -3.36. The van der Waals surface area contributed by atoms with Crippen molar-refractivity contribution >= 4 is 51.7 Å². The molecule has 0 atom stereocenters. The highest BCUT2D eigenvalue weighted by Crippen LogP contribution is 2.32. The number of Topliss-reactive ketones (excluding diaryl/α,β-unsaturated/α-hetero) is 1. The number of hydrogen-bond donors (Lipinski definition) is 0. The van der Waals surface area contributed by atoms with Crippen LogP contribution in [0.3, 0.4) is 0 Å². The molecule has 0 saturated carbocycles. The summed E-state index contributed by atoms with van der Waals surface area (Å²) in [6.07, 6.45) is 1.73. The number of ether oxygens (including phenoxy) is 2. The van der Waals surface area contributed by atoms with Gasteiger partial charge in [-0.15, -0.1) is 11.3 Å². The monoisotopic (exact) mass is 478 g/mol. The first-order chi connectivity index (χ1) is 16.0. The van der Waals surface area contributed by atoms with Gasteiger partial charge in [0.25, 0.3) is 5.91 Å². The Bertz CT molecular complexity index is 1250. The Morgan fingerprint density at radius 2 is 1.82 bits per heavy atom. The van der Waals surface area contributed by atoms with Gasteiger partial charge < -0.3 is 9.47 Å². The molecule has 3 aromatic rings. The summed E-state index contributed by atoms with van der Waals surface area (Å²) < 4.78 is 10.5. The average Bonchev–Trinajstić information content (AvgIpc) is 3.41. The number of amides is 1. The maximum absolute atomic E-state index is 13.3. The van der Waals surface area contributed by atoms with Crippen molar-refractivity contribution < 1.29 is 19.1 Å². The van der Waals surface area contributed by atoms with Gasteiger partial charge in [0.2, 0.25) is 0 Å². The highest BCUT2D eigenvalue weighted by Gasteiger charge is 2.32. The van der Waals surface area contributed by atoms with Crippen LogP contribution in [-0.4, -0.2) is 36.8 Å². The number of ketones is 1. The lowest BCUT2D eigenvalue weighted by Gasteiger charge is -2.18. The van der Waals surface area contributed by atoms with Crippen LogP contribution in [0.25, 0.3) is 6.08 Å². The molecular weight excluding hydrogens is 456 g/mol. The number of nitrogens with zero attached hydrogens (tertiary/aromatic N) is 2. The minimum Gasteiger partial charge on any atom is -0.497 e. The van der Waals surface area contributed by atoms with Crippen LogP contribution in [-0.2, 0) is 4.79 Å². The second-order valence-corrected chi connectivity index (χ2v) is 9.39. The molecule has 0 saturated heterocycles. The van der Waals surface area contributed by atoms with Gasteiger partial charge in [-0.05, 0) is 55.0 Å². The number of thiophene rings is 1. The molecule has 0 fully saturated rings. The van der Waals surface area contributed by atoms with E-state index in [0.29, 0.717) is 27.2 Å². The smallest absolute Gasteiger partial charge is 0.283 e. The van der Waals surface area contributed by atoms with E-state index in [-0.39, 0.29) is 17.4 Å². The van der Waals surface area contributed by atoms with E-state index in [1.165, 1.54) is 28.0 Å². The summed E-state index contributed by atoms with van der Waals surface area (Å²) in [5.74, 6) is 1.28. The second-order valence-electron chi connectivity index (χ2n) is 7.16. The maximum atomic E-state index is 13.3. The summed E-state index contributed by atoms with van der Waals surface area (Å²) in [6.45, 7) is 1.97. The van der Waals surface area contributed by atoms with Crippen LogP contribution in [0.1, 0.15) is 20.1 Å². The number of amidine groups is 1. The second kappa shape index (κ2) is 10.1. The summed E-state index contributed by atoms with van der Waals surface area (Å²) in [5, 5.41) is 0.453. The molecule has 0 aliphatic carbocycles. The zero-order chi connectivity index (χ0) is 23.4. The first-order valence-electron chi connectivity index (χ1n) is 10.1. The quantitative estimate of drug-likeness (QED) is 0.334. The van der Waals surface area contributed by atoms with E-state index in [4.69, 9.17) is 9.47 Å². The Labute approximate surface area is 200 Å².